The molecule has 0 saturated carbocycles. The van der Waals surface area contributed by atoms with Crippen molar-refractivity contribution in [3.63, 3.8) is 0 Å². The Labute approximate surface area is 185 Å². The van der Waals surface area contributed by atoms with Gasteiger partial charge >= 0.3 is 0 Å². The van der Waals surface area contributed by atoms with E-state index in [4.69, 9.17) is 25.8 Å². The van der Waals surface area contributed by atoms with Gasteiger partial charge in [0.05, 0.1) is 0 Å². The SMILES string of the molecule is CC1(Cl)C(Oc2ccccc2)=C(Oc2ccccc2)C(O)=C(O)C1Oc1ccccc1. The van der Waals surface area contributed by atoms with Crippen molar-refractivity contribution in [3.05, 3.63) is 114 Å². The van der Waals surface area contributed by atoms with Gasteiger partial charge in [0.1, 0.15) is 22.1 Å². The summed E-state index contributed by atoms with van der Waals surface area (Å²) in [6.07, 6.45) is -1.13. The highest BCUT2D eigenvalue weighted by molar-refractivity contribution is 6.26. The molecule has 0 aliphatic heterocycles. The molecule has 0 radical (unpaired) electrons. The van der Waals surface area contributed by atoms with Crippen LogP contribution >= 0.6 is 11.6 Å². The second-order valence-electron chi connectivity index (χ2n) is 7.11. The van der Waals surface area contributed by atoms with Crippen LogP contribution in [0.5, 0.6) is 17.2 Å². The fourth-order valence-corrected chi connectivity index (χ4v) is 3.47. The zero-order valence-corrected chi connectivity index (χ0v) is 17.5. The van der Waals surface area contributed by atoms with Crippen LogP contribution in [0, 0.1) is 0 Å². The molecule has 3 aromatic carbocycles. The van der Waals surface area contributed by atoms with Crippen LogP contribution in [0.25, 0.3) is 0 Å². The summed E-state index contributed by atoms with van der Waals surface area (Å²) in [6.45, 7) is 1.64. The van der Waals surface area contributed by atoms with Gasteiger partial charge in [0.25, 0.3) is 0 Å². The number of rotatable bonds is 6. The van der Waals surface area contributed by atoms with Crippen LogP contribution in [0.2, 0.25) is 0 Å². The molecule has 31 heavy (non-hydrogen) atoms. The third-order valence-electron chi connectivity index (χ3n) is 4.77. The summed E-state index contributed by atoms with van der Waals surface area (Å²) in [4.78, 5) is -1.41. The van der Waals surface area contributed by atoms with E-state index in [0.717, 1.165) is 0 Å². The van der Waals surface area contributed by atoms with Gasteiger partial charge in [0.2, 0.25) is 11.5 Å². The highest BCUT2D eigenvalue weighted by Crippen LogP contribution is 2.43. The molecule has 2 atom stereocenters. The zero-order chi connectivity index (χ0) is 21.8. The molecule has 5 nitrogen and oxygen atoms in total. The zero-order valence-electron chi connectivity index (χ0n) is 16.7. The van der Waals surface area contributed by atoms with Gasteiger partial charge in [-0.05, 0) is 43.3 Å². The van der Waals surface area contributed by atoms with Crippen LogP contribution in [0.4, 0.5) is 0 Å². The van der Waals surface area contributed by atoms with E-state index in [1.807, 2.05) is 30.3 Å². The number of hydrogen-bond acceptors (Lipinski definition) is 5. The highest BCUT2D eigenvalue weighted by Gasteiger charge is 2.51. The lowest BCUT2D eigenvalue weighted by Gasteiger charge is -2.37. The maximum absolute atomic E-state index is 10.9. The van der Waals surface area contributed by atoms with Gasteiger partial charge in [0.15, 0.2) is 17.6 Å². The fraction of sp³-hybridized carbons (Fsp3) is 0.120. The minimum absolute atomic E-state index is 0.0852. The monoisotopic (exact) mass is 436 g/mol. The standard InChI is InChI=1S/C25H21ClO5/c1-25(26)23(30-18-13-7-3-8-14-18)21(28)20(27)22(29-17-11-5-2-6-12-17)24(25)31-19-15-9-4-10-16-19/h2-16,23,27-28H,1H3. The largest absolute Gasteiger partial charge is 0.505 e. The van der Waals surface area contributed by atoms with Gasteiger partial charge in [-0.25, -0.2) is 0 Å². The third kappa shape index (κ3) is 4.32. The van der Waals surface area contributed by atoms with E-state index in [-0.39, 0.29) is 11.5 Å². The number of hydrogen-bond donors (Lipinski definition) is 2. The van der Waals surface area contributed by atoms with Crippen LogP contribution in [-0.2, 0) is 0 Å². The fourth-order valence-electron chi connectivity index (χ4n) is 3.20. The summed E-state index contributed by atoms with van der Waals surface area (Å²) >= 11 is 6.93. The first-order valence-electron chi connectivity index (χ1n) is 9.70. The van der Waals surface area contributed by atoms with Crippen molar-refractivity contribution in [1.82, 2.24) is 0 Å². The lowest BCUT2D eigenvalue weighted by atomic mass is 9.92. The van der Waals surface area contributed by atoms with Crippen molar-refractivity contribution in [1.29, 1.82) is 0 Å². The van der Waals surface area contributed by atoms with Crippen LogP contribution in [0.1, 0.15) is 6.92 Å². The van der Waals surface area contributed by atoms with E-state index in [0.29, 0.717) is 17.2 Å². The molecule has 1 aliphatic carbocycles. The molecule has 2 N–H and O–H groups in total. The molecule has 6 heteroatoms. The molecule has 0 aromatic heterocycles. The second-order valence-corrected chi connectivity index (χ2v) is 7.89. The Bertz CT molecular complexity index is 1090. The molecule has 1 aliphatic rings. The van der Waals surface area contributed by atoms with Crippen molar-refractivity contribution < 1.29 is 24.4 Å². The summed E-state index contributed by atoms with van der Waals surface area (Å²) in [6, 6.07) is 26.7. The minimum atomic E-state index is -1.41. The molecule has 2 unspecified atom stereocenters. The molecule has 4 rings (SSSR count). The van der Waals surface area contributed by atoms with Crippen molar-refractivity contribution in [3.8, 4) is 17.2 Å². The highest BCUT2D eigenvalue weighted by atomic mass is 35.5. The molecule has 3 aromatic rings. The molecular weight excluding hydrogens is 416 g/mol. The summed E-state index contributed by atoms with van der Waals surface area (Å²) in [5.74, 6) is 0.484. The van der Waals surface area contributed by atoms with Crippen LogP contribution < -0.4 is 14.2 Å². The predicted molar refractivity (Wildman–Crippen MR) is 119 cm³/mol. The number of alkyl halides is 1. The number of para-hydroxylation sites is 3. The van der Waals surface area contributed by atoms with E-state index in [9.17, 15) is 10.2 Å². The first-order valence-corrected chi connectivity index (χ1v) is 10.1. The van der Waals surface area contributed by atoms with Crippen LogP contribution in [0.15, 0.2) is 114 Å². The maximum Gasteiger partial charge on any atom is 0.212 e. The third-order valence-corrected chi connectivity index (χ3v) is 5.14. The second kappa shape index (κ2) is 8.66. The summed E-state index contributed by atoms with van der Waals surface area (Å²) in [5, 5.41) is 21.7. The Morgan fingerprint density at radius 1 is 0.710 bits per heavy atom. The van der Waals surface area contributed by atoms with Crippen LogP contribution in [0.3, 0.4) is 0 Å². The molecule has 158 valence electrons. The number of halogens is 1. The number of aliphatic hydroxyl groups excluding tert-OH is 2. The van der Waals surface area contributed by atoms with Crippen molar-refractivity contribution >= 4 is 11.6 Å². The average Bonchev–Trinajstić information content (AvgIpc) is 2.80. The number of aliphatic hydroxyl groups is 2. The molecule has 0 saturated heterocycles. The van der Waals surface area contributed by atoms with Crippen molar-refractivity contribution in [2.24, 2.45) is 0 Å². The lowest BCUT2D eigenvalue weighted by molar-refractivity contribution is 0.105. The summed E-state index contributed by atoms with van der Waals surface area (Å²) < 4.78 is 17.9. The smallest absolute Gasteiger partial charge is 0.212 e. The Kier molecular flexibility index (Phi) is 5.78. The van der Waals surface area contributed by atoms with E-state index in [1.165, 1.54) is 0 Å². The quantitative estimate of drug-likeness (QED) is 0.454. The topological polar surface area (TPSA) is 68.2 Å². The summed E-state index contributed by atoms with van der Waals surface area (Å²) in [7, 11) is 0. The van der Waals surface area contributed by atoms with Crippen LogP contribution in [-0.4, -0.2) is 21.2 Å². The molecule has 0 spiro atoms. The number of benzene rings is 3. The molecule has 0 amide bonds. The first kappa shape index (κ1) is 20.7. The van der Waals surface area contributed by atoms with E-state index < -0.39 is 22.5 Å². The van der Waals surface area contributed by atoms with E-state index in [1.54, 1.807) is 67.6 Å². The Morgan fingerprint density at radius 2 is 1.16 bits per heavy atom. The van der Waals surface area contributed by atoms with Gasteiger partial charge in [-0.2, -0.15) is 0 Å². The lowest BCUT2D eigenvalue weighted by Crippen LogP contribution is -2.47. The number of ether oxygens (including phenoxy) is 3. The van der Waals surface area contributed by atoms with Crippen molar-refractivity contribution in [2.75, 3.05) is 0 Å². The van der Waals surface area contributed by atoms with Gasteiger partial charge in [-0.1, -0.05) is 54.6 Å². The van der Waals surface area contributed by atoms with Gasteiger partial charge in [-0.15, -0.1) is 11.6 Å². The predicted octanol–water partition coefficient (Wildman–Crippen LogP) is 6.14. The Morgan fingerprint density at radius 3 is 1.68 bits per heavy atom. The summed E-state index contributed by atoms with van der Waals surface area (Å²) in [5.41, 5.74) is 0. The van der Waals surface area contributed by atoms with Crippen molar-refractivity contribution in [2.45, 2.75) is 17.9 Å². The maximum atomic E-state index is 10.9. The first-order chi connectivity index (χ1) is 15.0. The van der Waals surface area contributed by atoms with Gasteiger partial charge in [-0.3, -0.25) is 0 Å². The van der Waals surface area contributed by atoms with Gasteiger partial charge in [0, 0.05) is 0 Å². The van der Waals surface area contributed by atoms with E-state index in [2.05, 4.69) is 0 Å². The average molecular weight is 437 g/mol. The molecule has 0 fully saturated rings. The Hall–Kier alpha value is -3.57. The molecule has 0 heterocycles. The van der Waals surface area contributed by atoms with Gasteiger partial charge < -0.3 is 24.4 Å². The minimum Gasteiger partial charge on any atom is -0.505 e. The normalized spacial score (nSPS) is 21.0. The Balaban J connectivity index is 1.80. The molecular formula is C25H21ClO5. The molecule has 0 bridgehead atoms. The van der Waals surface area contributed by atoms with E-state index >= 15 is 0 Å².